The van der Waals surface area contributed by atoms with Gasteiger partial charge in [0.15, 0.2) is 28.8 Å². The Kier molecular flexibility index (Phi) is 8.06. The van der Waals surface area contributed by atoms with Gasteiger partial charge in [0, 0.05) is 38.6 Å². The molecule has 0 radical (unpaired) electrons. The largest absolute Gasteiger partial charge is 0.456 e. The SMILES string of the molecule is c1ccc(-c2nc(-c3cccc(-c4cccc5c4Oc4ccc6c(c4O5)-c4ccccc4C6(c4ccccc4)c4ccccc4)c3)cc(-c3ccc4c(c3)oc3ccccc34)n2)cc1. The van der Waals surface area contributed by atoms with Gasteiger partial charge in [0.1, 0.15) is 11.2 Å². The Morgan fingerprint density at radius 2 is 0.953 bits per heavy atom. The van der Waals surface area contributed by atoms with Crippen LogP contribution >= 0.6 is 0 Å². The predicted octanol–water partition coefficient (Wildman–Crippen LogP) is 15.3. The highest BCUT2D eigenvalue weighted by atomic mass is 16.6. The van der Waals surface area contributed by atoms with Crippen molar-refractivity contribution in [3.8, 4) is 79.2 Å². The van der Waals surface area contributed by atoms with E-state index in [2.05, 4.69) is 158 Å². The summed E-state index contributed by atoms with van der Waals surface area (Å²) in [5, 5.41) is 2.17. The van der Waals surface area contributed by atoms with Gasteiger partial charge in [0.2, 0.25) is 0 Å². The molecule has 2 aromatic heterocycles. The second kappa shape index (κ2) is 14.3. The molecule has 0 amide bonds. The number of aromatic nitrogens is 2. The minimum Gasteiger partial charge on any atom is -0.456 e. The molecular formula is C59H36N2O3. The first kappa shape index (κ1) is 36.1. The number of nitrogens with zero attached hydrogens (tertiary/aromatic N) is 2. The second-order valence-corrected chi connectivity index (χ2v) is 16.4. The predicted molar refractivity (Wildman–Crippen MR) is 255 cm³/mol. The zero-order valence-corrected chi connectivity index (χ0v) is 34.4. The molecule has 64 heavy (non-hydrogen) atoms. The Morgan fingerprint density at radius 1 is 0.359 bits per heavy atom. The van der Waals surface area contributed by atoms with Crippen LogP contribution in [0.15, 0.2) is 223 Å². The van der Waals surface area contributed by atoms with E-state index in [9.17, 15) is 0 Å². The zero-order valence-electron chi connectivity index (χ0n) is 34.4. The molecule has 300 valence electrons. The molecule has 9 aromatic carbocycles. The average Bonchev–Trinajstić information content (AvgIpc) is 3.90. The Balaban J connectivity index is 0.915. The van der Waals surface area contributed by atoms with Gasteiger partial charge in [-0.1, -0.05) is 176 Å². The van der Waals surface area contributed by atoms with Gasteiger partial charge in [-0.3, -0.25) is 0 Å². The summed E-state index contributed by atoms with van der Waals surface area (Å²) in [5.74, 6) is 3.38. The summed E-state index contributed by atoms with van der Waals surface area (Å²) >= 11 is 0. The monoisotopic (exact) mass is 820 g/mol. The van der Waals surface area contributed by atoms with Crippen molar-refractivity contribution in [2.45, 2.75) is 5.41 Å². The molecule has 0 bridgehead atoms. The molecule has 0 fully saturated rings. The van der Waals surface area contributed by atoms with E-state index in [-0.39, 0.29) is 0 Å². The molecule has 1 aliphatic heterocycles. The quantitative estimate of drug-likeness (QED) is 0.167. The highest BCUT2D eigenvalue weighted by molar-refractivity contribution is 6.06. The van der Waals surface area contributed by atoms with Crippen molar-refractivity contribution in [3.63, 3.8) is 0 Å². The Labute approximate surface area is 369 Å². The van der Waals surface area contributed by atoms with Crippen molar-refractivity contribution < 1.29 is 13.9 Å². The Morgan fingerprint density at radius 3 is 1.75 bits per heavy atom. The maximum atomic E-state index is 7.05. The normalized spacial score (nSPS) is 13.1. The fraction of sp³-hybridized carbons (Fsp3) is 0.0169. The molecule has 0 N–H and O–H groups in total. The van der Waals surface area contributed by atoms with E-state index in [1.54, 1.807) is 0 Å². The Hall–Kier alpha value is -8.54. The van der Waals surface area contributed by atoms with E-state index in [1.165, 1.54) is 16.7 Å². The van der Waals surface area contributed by atoms with Crippen molar-refractivity contribution in [2.24, 2.45) is 0 Å². The van der Waals surface area contributed by atoms with Gasteiger partial charge in [-0.2, -0.15) is 0 Å². The van der Waals surface area contributed by atoms with Gasteiger partial charge >= 0.3 is 0 Å². The Bertz CT molecular complexity index is 3580. The van der Waals surface area contributed by atoms with Crippen LogP contribution in [0.3, 0.4) is 0 Å². The van der Waals surface area contributed by atoms with Crippen LogP contribution in [-0.2, 0) is 5.41 Å². The number of benzene rings is 9. The fourth-order valence-corrected chi connectivity index (χ4v) is 10.0. The van der Waals surface area contributed by atoms with Gasteiger partial charge in [0.25, 0.3) is 0 Å². The summed E-state index contributed by atoms with van der Waals surface area (Å²) in [6, 6.07) is 75.8. The number of hydrogen-bond donors (Lipinski definition) is 0. The number of rotatable bonds is 6. The third-order valence-corrected chi connectivity index (χ3v) is 12.8. The molecule has 0 saturated carbocycles. The van der Waals surface area contributed by atoms with Crippen LogP contribution in [0.1, 0.15) is 22.3 Å². The lowest BCUT2D eigenvalue weighted by molar-refractivity contribution is 0.361. The molecular weight excluding hydrogens is 785 g/mol. The first-order chi connectivity index (χ1) is 31.7. The summed E-state index contributed by atoms with van der Waals surface area (Å²) in [7, 11) is 0. The molecule has 2 aliphatic rings. The molecule has 5 heteroatoms. The third-order valence-electron chi connectivity index (χ3n) is 12.8. The summed E-state index contributed by atoms with van der Waals surface area (Å²) in [5.41, 5.74) is 14.4. The summed E-state index contributed by atoms with van der Waals surface area (Å²) in [6.07, 6.45) is 0. The number of fused-ring (bicyclic) bond motifs is 9. The van der Waals surface area contributed by atoms with Crippen LogP contribution in [0.2, 0.25) is 0 Å². The van der Waals surface area contributed by atoms with Crippen molar-refractivity contribution in [2.75, 3.05) is 0 Å². The molecule has 11 aromatic rings. The number of furan rings is 1. The average molecular weight is 821 g/mol. The van der Waals surface area contributed by atoms with Crippen LogP contribution in [0.5, 0.6) is 23.0 Å². The highest BCUT2D eigenvalue weighted by Gasteiger charge is 2.48. The van der Waals surface area contributed by atoms with E-state index >= 15 is 0 Å². The fourth-order valence-electron chi connectivity index (χ4n) is 10.0. The van der Waals surface area contributed by atoms with Gasteiger partial charge < -0.3 is 13.9 Å². The topological polar surface area (TPSA) is 57.4 Å². The second-order valence-electron chi connectivity index (χ2n) is 16.4. The maximum Gasteiger partial charge on any atom is 0.178 e. The van der Waals surface area contributed by atoms with Gasteiger partial charge in [-0.05, 0) is 75.8 Å². The lowest BCUT2D eigenvalue weighted by Crippen LogP contribution is -2.28. The van der Waals surface area contributed by atoms with Gasteiger partial charge in [-0.15, -0.1) is 0 Å². The molecule has 13 rings (SSSR count). The zero-order chi connectivity index (χ0) is 42.2. The lowest BCUT2D eigenvalue weighted by Gasteiger charge is -2.34. The first-order valence-corrected chi connectivity index (χ1v) is 21.5. The molecule has 1 aliphatic carbocycles. The van der Waals surface area contributed by atoms with E-state index in [1.807, 2.05) is 60.7 Å². The lowest BCUT2D eigenvalue weighted by atomic mass is 9.68. The molecule has 0 spiro atoms. The summed E-state index contributed by atoms with van der Waals surface area (Å²) in [6.45, 7) is 0. The highest BCUT2D eigenvalue weighted by Crippen LogP contribution is 2.62. The number of ether oxygens (including phenoxy) is 2. The van der Waals surface area contributed by atoms with Crippen molar-refractivity contribution >= 4 is 21.9 Å². The van der Waals surface area contributed by atoms with Crippen LogP contribution in [0.25, 0.3) is 78.1 Å². The summed E-state index contributed by atoms with van der Waals surface area (Å²) < 4.78 is 20.3. The number of para-hydroxylation sites is 2. The number of hydrogen-bond acceptors (Lipinski definition) is 5. The smallest absolute Gasteiger partial charge is 0.178 e. The molecule has 0 unspecified atom stereocenters. The van der Waals surface area contributed by atoms with E-state index < -0.39 is 5.41 Å². The standard InChI is InChI=1S/C59H36N2O3/c1-4-16-37(17-5-1)58-60-49(36-50(61-58)40-30-31-45-44-24-11-13-28-51(44)62-54(45)35-40)39-19-14-18-38(34-39)43-26-15-29-52-56(43)63-53-33-32-48-55(57(53)64-52)46-25-10-12-27-47(46)59(48,41-20-6-2-7-21-41)42-22-8-3-9-23-42/h1-36H. The molecule has 0 saturated heterocycles. The molecule has 5 nitrogen and oxygen atoms in total. The first-order valence-electron chi connectivity index (χ1n) is 21.5. The van der Waals surface area contributed by atoms with Gasteiger partial charge in [0.05, 0.1) is 16.8 Å². The molecule has 3 heterocycles. The van der Waals surface area contributed by atoms with Crippen molar-refractivity contribution in [1.29, 1.82) is 0 Å². The third kappa shape index (κ3) is 5.51. The van der Waals surface area contributed by atoms with Crippen LogP contribution in [-0.4, -0.2) is 9.97 Å². The van der Waals surface area contributed by atoms with Crippen LogP contribution in [0, 0.1) is 0 Å². The van der Waals surface area contributed by atoms with E-state index in [0.717, 1.165) is 83.6 Å². The van der Waals surface area contributed by atoms with E-state index in [0.29, 0.717) is 23.1 Å². The minimum atomic E-state index is -0.545. The van der Waals surface area contributed by atoms with Crippen LogP contribution < -0.4 is 9.47 Å². The maximum absolute atomic E-state index is 7.05. The van der Waals surface area contributed by atoms with Crippen molar-refractivity contribution in [1.82, 2.24) is 9.97 Å². The van der Waals surface area contributed by atoms with Crippen LogP contribution in [0.4, 0.5) is 0 Å². The molecule has 0 atom stereocenters. The van der Waals surface area contributed by atoms with Gasteiger partial charge in [-0.25, -0.2) is 9.97 Å². The van der Waals surface area contributed by atoms with E-state index in [4.69, 9.17) is 23.9 Å². The minimum absolute atomic E-state index is 0.545. The van der Waals surface area contributed by atoms with Crippen molar-refractivity contribution in [3.05, 3.63) is 241 Å². The summed E-state index contributed by atoms with van der Waals surface area (Å²) in [4.78, 5) is 10.3.